The average Bonchev–Trinajstić information content (AvgIpc) is 2.48. The van der Waals surface area contributed by atoms with Crippen LogP contribution in [-0.2, 0) is 4.79 Å². The van der Waals surface area contributed by atoms with Crippen LogP contribution in [0.2, 0.25) is 0 Å². The third-order valence-electron chi connectivity index (χ3n) is 4.24. The van der Waals surface area contributed by atoms with Crippen molar-refractivity contribution in [1.82, 2.24) is 15.5 Å². The molecule has 2 amide bonds. The normalized spacial score (nSPS) is 22.0. The fraction of sp³-hybridized carbons (Fsp3) is 0.867. The summed E-state index contributed by atoms with van der Waals surface area (Å²) < 4.78 is 0. The zero-order valence-electron chi connectivity index (χ0n) is 13.2. The Morgan fingerprint density at radius 2 is 1.76 bits per heavy atom. The predicted octanol–water partition coefficient (Wildman–Crippen LogP) is 1.66. The van der Waals surface area contributed by atoms with Gasteiger partial charge in [-0.05, 0) is 51.7 Å². The summed E-state index contributed by atoms with van der Waals surface area (Å²) in [4.78, 5) is 24.9. The number of aliphatic carboxylic acids is 1. The van der Waals surface area contributed by atoms with Crippen LogP contribution in [0.15, 0.2) is 0 Å². The van der Waals surface area contributed by atoms with E-state index in [9.17, 15) is 9.59 Å². The van der Waals surface area contributed by atoms with E-state index in [0.29, 0.717) is 19.4 Å². The van der Waals surface area contributed by atoms with Gasteiger partial charge in [-0.2, -0.15) is 0 Å². The summed E-state index contributed by atoms with van der Waals surface area (Å²) in [6.45, 7) is 8.02. The maximum absolute atomic E-state index is 11.8. The Hall–Kier alpha value is -1.30. The van der Waals surface area contributed by atoms with Crippen molar-refractivity contribution < 1.29 is 14.7 Å². The van der Waals surface area contributed by atoms with Crippen LogP contribution >= 0.6 is 0 Å². The number of rotatable bonds is 8. The smallest absolute Gasteiger partial charge is 0.315 e. The second kappa shape index (κ2) is 9.60. The molecule has 0 radical (unpaired) electrons. The number of carboxylic acid groups (broad SMARTS) is 1. The van der Waals surface area contributed by atoms with Crippen LogP contribution in [0.4, 0.5) is 4.79 Å². The van der Waals surface area contributed by atoms with Gasteiger partial charge in [0, 0.05) is 12.6 Å². The molecule has 21 heavy (non-hydrogen) atoms. The molecule has 1 rings (SSSR count). The summed E-state index contributed by atoms with van der Waals surface area (Å²) in [5, 5.41) is 14.7. The molecule has 1 aliphatic rings. The average molecular weight is 299 g/mol. The van der Waals surface area contributed by atoms with Gasteiger partial charge < -0.3 is 20.6 Å². The van der Waals surface area contributed by atoms with Crippen LogP contribution in [0.5, 0.6) is 0 Å². The third-order valence-corrected chi connectivity index (χ3v) is 4.24. The molecule has 6 nitrogen and oxygen atoms in total. The zero-order chi connectivity index (χ0) is 15.7. The van der Waals surface area contributed by atoms with Crippen LogP contribution in [0.3, 0.4) is 0 Å². The van der Waals surface area contributed by atoms with Crippen LogP contribution in [0, 0.1) is 5.92 Å². The molecule has 0 unspecified atom stereocenters. The van der Waals surface area contributed by atoms with Crippen LogP contribution in [0.1, 0.15) is 46.0 Å². The molecule has 1 aliphatic carbocycles. The first-order chi connectivity index (χ1) is 10.1. The van der Waals surface area contributed by atoms with Gasteiger partial charge in [0.1, 0.15) is 0 Å². The van der Waals surface area contributed by atoms with Gasteiger partial charge in [-0.3, -0.25) is 4.79 Å². The number of nitrogens with one attached hydrogen (secondary N) is 2. The molecule has 0 atom stereocenters. The van der Waals surface area contributed by atoms with Gasteiger partial charge >= 0.3 is 12.0 Å². The van der Waals surface area contributed by atoms with Crippen LogP contribution < -0.4 is 10.6 Å². The van der Waals surface area contributed by atoms with E-state index in [2.05, 4.69) is 29.4 Å². The number of amides is 2. The van der Waals surface area contributed by atoms with Crippen LogP contribution in [-0.4, -0.2) is 54.2 Å². The number of urea groups is 1. The molecule has 0 bridgehead atoms. The molecule has 3 N–H and O–H groups in total. The molecule has 6 heteroatoms. The summed E-state index contributed by atoms with van der Waals surface area (Å²) in [5.74, 6) is -0.950. The van der Waals surface area contributed by atoms with Crippen molar-refractivity contribution in [2.75, 3.05) is 26.2 Å². The number of carbonyl (C=O) groups is 2. The van der Waals surface area contributed by atoms with Crippen molar-refractivity contribution in [3.8, 4) is 0 Å². The molecule has 0 aromatic heterocycles. The fourth-order valence-corrected chi connectivity index (χ4v) is 2.77. The molecule has 0 aromatic rings. The van der Waals surface area contributed by atoms with E-state index in [-0.39, 0.29) is 18.0 Å². The van der Waals surface area contributed by atoms with Gasteiger partial charge in [0.2, 0.25) is 0 Å². The van der Waals surface area contributed by atoms with Crippen LogP contribution in [0.25, 0.3) is 0 Å². The number of hydrogen-bond donors (Lipinski definition) is 3. The maximum Gasteiger partial charge on any atom is 0.315 e. The Bertz CT molecular complexity index is 324. The summed E-state index contributed by atoms with van der Waals surface area (Å²) in [5.41, 5.74) is 0. The Balaban J connectivity index is 2.10. The first-order valence-corrected chi connectivity index (χ1v) is 8.06. The van der Waals surface area contributed by atoms with Gasteiger partial charge in [0.15, 0.2) is 0 Å². The summed E-state index contributed by atoms with van der Waals surface area (Å²) in [6, 6.07) is -0.0169. The minimum Gasteiger partial charge on any atom is -0.481 e. The highest BCUT2D eigenvalue weighted by atomic mass is 16.4. The summed E-state index contributed by atoms with van der Waals surface area (Å²) in [6.07, 6.45) is 3.76. The second-order valence-corrected chi connectivity index (χ2v) is 5.67. The van der Waals surface area contributed by atoms with E-state index in [1.807, 2.05) is 0 Å². The molecule has 0 heterocycles. The quantitative estimate of drug-likeness (QED) is 0.595. The lowest BCUT2D eigenvalue weighted by atomic mass is 9.86. The minimum absolute atomic E-state index is 0.114. The first kappa shape index (κ1) is 17.8. The molecule has 0 aromatic carbocycles. The summed E-state index contributed by atoms with van der Waals surface area (Å²) in [7, 11) is 0. The third kappa shape index (κ3) is 6.80. The van der Waals surface area contributed by atoms with Gasteiger partial charge in [0.05, 0.1) is 5.92 Å². The Morgan fingerprint density at radius 3 is 2.29 bits per heavy atom. The highest BCUT2D eigenvalue weighted by Gasteiger charge is 2.26. The summed E-state index contributed by atoms with van der Waals surface area (Å²) >= 11 is 0. The SMILES string of the molecule is CCN(CC)CCCNC(=O)NC1CCC(C(=O)O)CC1. The van der Waals surface area contributed by atoms with Gasteiger partial charge in [-0.1, -0.05) is 13.8 Å². The lowest BCUT2D eigenvalue weighted by Gasteiger charge is -2.26. The molecular formula is C15H29N3O3. The van der Waals surface area contributed by atoms with E-state index in [1.165, 1.54) is 0 Å². The Labute approximate surface area is 127 Å². The zero-order valence-corrected chi connectivity index (χ0v) is 13.2. The number of nitrogens with zero attached hydrogens (tertiary/aromatic N) is 1. The highest BCUT2D eigenvalue weighted by Crippen LogP contribution is 2.24. The van der Waals surface area contributed by atoms with E-state index in [4.69, 9.17) is 5.11 Å². The predicted molar refractivity (Wildman–Crippen MR) is 82.3 cm³/mol. The largest absolute Gasteiger partial charge is 0.481 e. The maximum atomic E-state index is 11.8. The van der Waals surface area contributed by atoms with Crippen molar-refractivity contribution in [1.29, 1.82) is 0 Å². The minimum atomic E-state index is -0.714. The molecule has 0 saturated heterocycles. The topological polar surface area (TPSA) is 81.7 Å². The van der Waals surface area contributed by atoms with Crippen molar-refractivity contribution >= 4 is 12.0 Å². The van der Waals surface area contributed by atoms with Crippen molar-refractivity contribution in [3.63, 3.8) is 0 Å². The number of carbonyl (C=O) groups excluding carboxylic acids is 1. The van der Waals surface area contributed by atoms with Gasteiger partial charge in [-0.25, -0.2) is 4.79 Å². The van der Waals surface area contributed by atoms with Gasteiger partial charge in [0.25, 0.3) is 0 Å². The lowest BCUT2D eigenvalue weighted by Crippen LogP contribution is -2.44. The van der Waals surface area contributed by atoms with E-state index in [0.717, 1.165) is 38.9 Å². The highest BCUT2D eigenvalue weighted by molar-refractivity contribution is 5.74. The number of hydrogen-bond acceptors (Lipinski definition) is 3. The molecular weight excluding hydrogens is 270 g/mol. The van der Waals surface area contributed by atoms with E-state index < -0.39 is 5.97 Å². The fourth-order valence-electron chi connectivity index (χ4n) is 2.77. The van der Waals surface area contributed by atoms with Crippen molar-refractivity contribution in [2.45, 2.75) is 52.0 Å². The van der Waals surface area contributed by atoms with E-state index >= 15 is 0 Å². The second-order valence-electron chi connectivity index (χ2n) is 5.67. The molecule has 122 valence electrons. The van der Waals surface area contributed by atoms with Crippen molar-refractivity contribution in [3.05, 3.63) is 0 Å². The monoisotopic (exact) mass is 299 g/mol. The Kier molecular flexibility index (Phi) is 8.12. The number of carboxylic acids is 1. The van der Waals surface area contributed by atoms with Crippen molar-refractivity contribution in [2.24, 2.45) is 5.92 Å². The first-order valence-electron chi connectivity index (χ1n) is 8.06. The lowest BCUT2D eigenvalue weighted by molar-refractivity contribution is -0.142. The van der Waals surface area contributed by atoms with Gasteiger partial charge in [-0.15, -0.1) is 0 Å². The Morgan fingerprint density at radius 1 is 1.14 bits per heavy atom. The molecule has 1 fully saturated rings. The standard InChI is InChI=1S/C15H29N3O3/c1-3-18(4-2)11-5-10-16-15(21)17-13-8-6-12(7-9-13)14(19)20/h12-13H,3-11H2,1-2H3,(H,19,20)(H2,16,17,21). The molecule has 0 aliphatic heterocycles. The molecule has 1 saturated carbocycles. The molecule has 0 spiro atoms. The van der Waals surface area contributed by atoms with E-state index in [1.54, 1.807) is 0 Å².